The number of rotatable bonds is 5. The van der Waals surface area contributed by atoms with Crippen LogP contribution in [0, 0.1) is 0 Å². The maximum Gasteiger partial charge on any atom is 0.255 e. The summed E-state index contributed by atoms with van der Waals surface area (Å²) in [5.74, 6) is 0.244. The summed E-state index contributed by atoms with van der Waals surface area (Å²) in [6.45, 7) is 0.476. The highest BCUT2D eigenvalue weighted by Crippen LogP contribution is 2.32. The highest BCUT2D eigenvalue weighted by molar-refractivity contribution is 6.33. The Morgan fingerprint density at radius 1 is 1.21 bits per heavy atom. The predicted octanol–water partition coefficient (Wildman–Crippen LogP) is 2.90. The molecule has 2 aromatic carbocycles. The molecule has 3 rings (SSSR count). The van der Waals surface area contributed by atoms with E-state index in [1.807, 2.05) is 18.2 Å². The van der Waals surface area contributed by atoms with Crippen molar-refractivity contribution >= 4 is 47.2 Å². The Kier molecular flexibility index (Phi) is 6.99. The summed E-state index contributed by atoms with van der Waals surface area (Å²) < 4.78 is 10.5. The molecule has 2 aromatic rings. The molecule has 1 fully saturated rings. The molecule has 1 atom stereocenters. The molecular formula is C19H21Cl2N3O4. The van der Waals surface area contributed by atoms with E-state index in [2.05, 4.69) is 5.32 Å². The highest BCUT2D eigenvalue weighted by atomic mass is 35.5. The zero-order valence-corrected chi connectivity index (χ0v) is 17.0. The molecule has 0 aliphatic carbocycles. The minimum Gasteiger partial charge on any atom is -0.496 e. The highest BCUT2D eigenvalue weighted by Gasteiger charge is 2.35. The lowest BCUT2D eigenvalue weighted by molar-refractivity contribution is -0.118. The predicted molar refractivity (Wildman–Crippen MR) is 111 cm³/mol. The van der Waals surface area contributed by atoms with Crippen molar-refractivity contribution in [3.8, 4) is 11.5 Å². The third-order valence-electron chi connectivity index (χ3n) is 4.45. The number of carbonyl (C=O) groups is 2. The lowest BCUT2D eigenvalue weighted by atomic mass is 10.1. The number of anilines is 2. The second-order valence-electron chi connectivity index (χ2n) is 6.05. The number of nitrogen functional groups attached to an aromatic ring is 1. The molecule has 3 N–H and O–H groups in total. The van der Waals surface area contributed by atoms with Gasteiger partial charge in [-0.3, -0.25) is 9.59 Å². The van der Waals surface area contributed by atoms with Crippen molar-refractivity contribution in [1.82, 2.24) is 5.32 Å². The molecule has 7 nitrogen and oxygen atoms in total. The van der Waals surface area contributed by atoms with Gasteiger partial charge in [0.2, 0.25) is 5.91 Å². The number of amides is 2. The van der Waals surface area contributed by atoms with Crippen LogP contribution in [0.25, 0.3) is 0 Å². The number of nitrogens with zero attached hydrogens (tertiary/aromatic N) is 1. The van der Waals surface area contributed by atoms with E-state index >= 15 is 0 Å². The molecule has 1 aliphatic rings. The fourth-order valence-electron chi connectivity index (χ4n) is 3.06. The maximum atomic E-state index is 12.8. The largest absolute Gasteiger partial charge is 0.496 e. The monoisotopic (exact) mass is 425 g/mol. The molecule has 0 bridgehead atoms. The van der Waals surface area contributed by atoms with Crippen LogP contribution >= 0.6 is 24.0 Å². The first-order chi connectivity index (χ1) is 13.0. The Balaban J connectivity index is 0.00000280. The number of hydrogen-bond acceptors (Lipinski definition) is 5. The third kappa shape index (κ3) is 4.10. The number of ether oxygens (including phenoxy) is 2. The van der Waals surface area contributed by atoms with Crippen LogP contribution in [-0.2, 0) is 4.79 Å². The molecule has 0 aromatic heterocycles. The third-order valence-corrected chi connectivity index (χ3v) is 4.78. The van der Waals surface area contributed by atoms with Gasteiger partial charge in [-0.2, -0.15) is 0 Å². The van der Waals surface area contributed by atoms with Gasteiger partial charge in [0, 0.05) is 12.6 Å². The maximum absolute atomic E-state index is 12.8. The molecule has 1 unspecified atom stereocenters. The van der Waals surface area contributed by atoms with Crippen molar-refractivity contribution in [2.75, 3.05) is 31.4 Å². The summed E-state index contributed by atoms with van der Waals surface area (Å²) in [6.07, 6.45) is 0.480. The smallest absolute Gasteiger partial charge is 0.255 e. The van der Waals surface area contributed by atoms with Gasteiger partial charge in [-0.25, -0.2) is 0 Å². The van der Waals surface area contributed by atoms with E-state index in [-0.39, 0.29) is 28.9 Å². The van der Waals surface area contributed by atoms with Crippen molar-refractivity contribution < 1.29 is 19.1 Å². The molecule has 1 saturated heterocycles. The molecule has 2 amide bonds. The Hall–Kier alpha value is -2.64. The minimum atomic E-state index is -0.650. The molecule has 1 aliphatic heterocycles. The van der Waals surface area contributed by atoms with Crippen LogP contribution in [0.15, 0.2) is 36.4 Å². The molecule has 1 heterocycles. The van der Waals surface area contributed by atoms with Gasteiger partial charge in [0.1, 0.15) is 17.5 Å². The van der Waals surface area contributed by atoms with Crippen molar-refractivity contribution in [2.24, 2.45) is 0 Å². The van der Waals surface area contributed by atoms with Gasteiger partial charge >= 0.3 is 0 Å². The number of benzene rings is 2. The van der Waals surface area contributed by atoms with Gasteiger partial charge in [-0.15, -0.1) is 12.4 Å². The summed E-state index contributed by atoms with van der Waals surface area (Å²) in [6, 6.07) is 9.53. The normalized spacial score (nSPS) is 15.8. The van der Waals surface area contributed by atoms with Gasteiger partial charge in [0.25, 0.3) is 5.91 Å². The van der Waals surface area contributed by atoms with Crippen LogP contribution in [0.1, 0.15) is 16.8 Å². The molecule has 150 valence electrons. The Morgan fingerprint density at radius 2 is 1.89 bits per heavy atom. The first kappa shape index (κ1) is 21.7. The first-order valence-electron chi connectivity index (χ1n) is 8.34. The molecule has 0 saturated carbocycles. The SMILES string of the molecule is COc1cc(N)c(Cl)cc1C(=O)NC1CCN(c2ccccc2OC)C1=O.Cl. The fourth-order valence-corrected chi connectivity index (χ4v) is 3.22. The van der Waals surface area contributed by atoms with Crippen LogP contribution in [0.5, 0.6) is 11.5 Å². The van der Waals surface area contributed by atoms with E-state index in [1.165, 1.54) is 19.2 Å². The molecular weight excluding hydrogens is 405 g/mol. The fraction of sp³-hybridized carbons (Fsp3) is 0.263. The lowest BCUT2D eigenvalue weighted by Gasteiger charge is -2.20. The zero-order valence-electron chi connectivity index (χ0n) is 15.4. The van der Waals surface area contributed by atoms with Crippen molar-refractivity contribution in [2.45, 2.75) is 12.5 Å². The van der Waals surface area contributed by atoms with Crippen LogP contribution < -0.4 is 25.4 Å². The summed E-state index contributed by atoms with van der Waals surface area (Å²) in [5.41, 5.74) is 6.95. The van der Waals surface area contributed by atoms with Crippen LogP contribution in [0.3, 0.4) is 0 Å². The number of para-hydroxylation sites is 2. The average molecular weight is 426 g/mol. The van der Waals surface area contributed by atoms with E-state index < -0.39 is 11.9 Å². The second-order valence-corrected chi connectivity index (χ2v) is 6.46. The zero-order chi connectivity index (χ0) is 19.6. The number of methoxy groups -OCH3 is 2. The second kappa shape index (κ2) is 9.03. The standard InChI is InChI=1S/C19H20ClN3O4.ClH/c1-26-16-6-4-3-5-15(16)23-8-7-14(19(23)25)22-18(24)11-9-12(20)13(21)10-17(11)27-2;/h3-6,9-10,14H,7-8,21H2,1-2H3,(H,22,24);1H. The number of halogens is 2. The van der Waals surface area contributed by atoms with Gasteiger partial charge in [0.15, 0.2) is 0 Å². The Morgan fingerprint density at radius 3 is 2.57 bits per heavy atom. The van der Waals surface area contributed by atoms with Gasteiger partial charge in [-0.05, 0) is 24.6 Å². The van der Waals surface area contributed by atoms with Crippen molar-refractivity contribution in [3.63, 3.8) is 0 Å². The van der Waals surface area contributed by atoms with E-state index in [4.69, 9.17) is 26.8 Å². The average Bonchev–Trinajstić information content (AvgIpc) is 3.03. The Bertz CT molecular complexity index is 891. The van der Waals surface area contributed by atoms with E-state index in [0.29, 0.717) is 35.8 Å². The van der Waals surface area contributed by atoms with Gasteiger partial charge in [-0.1, -0.05) is 23.7 Å². The number of hydrogen-bond donors (Lipinski definition) is 2. The van der Waals surface area contributed by atoms with E-state index in [0.717, 1.165) is 0 Å². The van der Waals surface area contributed by atoms with Gasteiger partial charge < -0.3 is 25.4 Å². The van der Waals surface area contributed by atoms with E-state index in [1.54, 1.807) is 18.1 Å². The topological polar surface area (TPSA) is 93.9 Å². The lowest BCUT2D eigenvalue weighted by Crippen LogP contribution is -2.41. The Labute approximate surface area is 174 Å². The van der Waals surface area contributed by atoms with Crippen LogP contribution in [-0.4, -0.2) is 38.6 Å². The van der Waals surface area contributed by atoms with Crippen molar-refractivity contribution in [3.05, 3.63) is 47.0 Å². The number of nitrogens with two attached hydrogens (primary N) is 1. The summed E-state index contributed by atoms with van der Waals surface area (Å²) >= 11 is 6.02. The minimum absolute atomic E-state index is 0. The van der Waals surface area contributed by atoms with Crippen LogP contribution in [0.4, 0.5) is 11.4 Å². The molecule has 9 heteroatoms. The summed E-state index contributed by atoms with van der Waals surface area (Å²) in [5, 5.41) is 3.00. The molecule has 0 spiro atoms. The molecule has 0 radical (unpaired) electrons. The van der Waals surface area contributed by atoms with Crippen molar-refractivity contribution in [1.29, 1.82) is 0 Å². The number of carbonyl (C=O) groups excluding carboxylic acids is 2. The summed E-state index contributed by atoms with van der Waals surface area (Å²) in [4.78, 5) is 27.1. The van der Waals surface area contributed by atoms with Crippen LogP contribution in [0.2, 0.25) is 5.02 Å². The molecule has 28 heavy (non-hydrogen) atoms. The van der Waals surface area contributed by atoms with Gasteiger partial charge in [0.05, 0.1) is 36.2 Å². The number of nitrogens with one attached hydrogen (secondary N) is 1. The first-order valence-corrected chi connectivity index (χ1v) is 8.72. The summed E-state index contributed by atoms with van der Waals surface area (Å²) in [7, 11) is 2.99. The quantitative estimate of drug-likeness (QED) is 0.718. The van der Waals surface area contributed by atoms with E-state index in [9.17, 15) is 9.59 Å².